The molecular weight excluding hydrogens is 238 g/mol. The van der Waals surface area contributed by atoms with Gasteiger partial charge in [-0.05, 0) is 46.5 Å². The van der Waals surface area contributed by atoms with E-state index in [1.165, 1.54) is 38.6 Å². The second-order valence-corrected chi connectivity index (χ2v) is 7.88. The van der Waals surface area contributed by atoms with E-state index in [4.69, 9.17) is 9.47 Å². The number of piperidine rings is 1. The van der Waals surface area contributed by atoms with E-state index in [1.54, 1.807) is 0 Å². The Kier molecular flexibility index (Phi) is 3.65. The Balaban J connectivity index is 1.60. The molecular formula is C16H29NO2. The Morgan fingerprint density at radius 1 is 1.11 bits per heavy atom. The number of nitrogens with zero attached hydrogens (tertiary/aromatic N) is 1. The minimum absolute atomic E-state index is 0.0382. The Hall–Kier alpha value is -0.120. The van der Waals surface area contributed by atoms with E-state index in [2.05, 4.69) is 25.7 Å². The molecule has 0 aromatic rings. The van der Waals surface area contributed by atoms with Gasteiger partial charge >= 0.3 is 0 Å². The fraction of sp³-hybridized carbons (Fsp3) is 1.00. The summed E-state index contributed by atoms with van der Waals surface area (Å²) in [7, 11) is 0. The summed E-state index contributed by atoms with van der Waals surface area (Å²) in [5.41, 5.74) is 0.231. The zero-order valence-corrected chi connectivity index (χ0v) is 12.8. The van der Waals surface area contributed by atoms with Crippen molar-refractivity contribution >= 4 is 0 Å². The second-order valence-electron chi connectivity index (χ2n) is 7.88. The van der Waals surface area contributed by atoms with Crippen molar-refractivity contribution in [2.45, 2.75) is 70.6 Å². The smallest absolute Gasteiger partial charge is 0.0598 e. The van der Waals surface area contributed by atoms with Crippen molar-refractivity contribution in [2.24, 2.45) is 5.41 Å². The van der Waals surface area contributed by atoms with E-state index in [-0.39, 0.29) is 11.0 Å². The van der Waals surface area contributed by atoms with Gasteiger partial charge in [-0.2, -0.15) is 0 Å². The Labute approximate surface area is 117 Å². The Morgan fingerprint density at radius 2 is 1.74 bits per heavy atom. The van der Waals surface area contributed by atoms with Crippen LogP contribution in [0.3, 0.4) is 0 Å². The fourth-order valence-corrected chi connectivity index (χ4v) is 3.85. The lowest BCUT2D eigenvalue weighted by atomic mass is 9.84. The number of hydrogen-bond acceptors (Lipinski definition) is 3. The minimum atomic E-state index is -0.0382. The molecule has 0 aromatic heterocycles. The van der Waals surface area contributed by atoms with E-state index in [0.29, 0.717) is 0 Å². The molecule has 0 amide bonds. The molecule has 0 radical (unpaired) electrons. The first-order valence-corrected chi connectivity index (χ1v) is 7.95. The van der Waals surface area contributed by atoms with Crippen LogP contribution < -0.4 is 0 Å². The Morgan fingerprint density at radius 3 is 2.21 bits per heavy atom. The van der Waals surface area contributed by atoms with Gasteiger partial charge in [0.2, 0.25) is 0 Å². The summed E-state index contributed by atoms with van der Waals surface area (Å²) in [6.45, 7) is 10.3. The van der Waals surface area contributed by atoms with E-state index in [0.717, 1.165) is 31.9 Å². The van der Waals surface area contributed by atoms with E-state index in [1.807, 2.05) is 0 Å². The van der Waals surface area contributed by atoms with Crippen LogP contribution >= 0.6 is 0 Å². The van der Waals surface area contributed by atoms with Gasteiger partial charge in [-0.25, -0.2) is 0 Å². The molecule has 3 aliphatic rings. The number of rotatable bonds is 4. The van der Waals surface area contributed by atoms with Crippen LogP contribution in [0.5, 0.6) is 0 Å². The lowest BCUT2D eigenvalue weighted by Gasteiger charge is -2.48. The maximum absolute atomic E-state index is 6.06. The van der Waals surface area contributed by atoms with Crippen LogP contribution in [0.4, 0.5) is 0 Å². The Bertz CT molecular complexity index is 303. The van der Waals surface area contributed by atoms with Crippen molar-refractivity contribution in [3.05, 3.63) is 0 Å². The average Bonchev–Trinajstić information content (AvgIpc) is 2.52. The summed E-state index contributed by atoms with van der Waals surface area (Å²) in [5, 5.41) is 0. The molecule has 2 unspecified atom stereocenters. The van der Waals surface area contributed by atoms with Crippen LogP contribution in [0.1, 0.15) is 52.9 Å². The molecule has 0 saturated carbocycles. The first-order valence-electron chi connectivity index (χ1n) is 7.95. The molecule has 2 bridgehead atoms. The van der Waals surface area contributed by atoms with Crippen LogP contribution in [0.15, 0.2) is 0 Å². The number of ether oxygens (including phenoxy) is 2. The molecule has 3 nitrogen and oxygen atoms in total. The minimum Gasteiger partial charge on any atom is -0.380 e. The summed E-state index contributed by atoms with van der Waals surface area (Å²) >= 11 is 0. The molecule has 19 heavy (non-hydrogen) atoms. The van der Waals surface area contributed by atoms with Gasteiger partial charge in [0, 0.05) is 18.6 Å². The third-order valence-corrected chi connectivity index (χ3v) is 4.99. The summed E-state index contributed by atoms with van der Waals surface area (Å²) in [4.78, 5) is 2.79. The standard InChI is InChI=1S/C16H29NO2/c1-15(2,3)19-12-16(10-18-11-16)9-17-13-5-4-6-14(17)8-7-13/h13-14H,4-12H2,1-3H3. The van der Waals surface area contributed by atoms with Crippen molar-refractivity contribution < 1.29 is 9.47 Å². The SMILES string of the molecule is CC(C)(C)OCC1(CN2C3CCCC2CC3)COC1. The van der Waals surface area contributed by atoms with Crippen LogP contribution in [0.2, 0.25) is 0 Å². The highest BCUT2D eigenvalue weighted by molar-refractivity contribution is 4.98. The largest absolute Gasteiger partial charge is 0.380 e. The molecule has 3 heterocycles. The molecule has 0 N–H and O–H groups in total. The lowest BCUT2D eigenvalue weighted by molar-refractivity contribution is -0.183. The lowest BCUT2D eigenvalue weighted by Crippen LogP contribution is -2.57. The van der Waals surface area contributed by atoms with Gasteiger partial charge in [0.1, 0.15) is 0 Å². The molecule has 3 rings (SSSR count). The first-order chi connectivity index (χ1) is 8.98. The molecule has 0 aromatic carbocycles. The van der Waals surface area contributed by atoms with Gasteiger partial charge in [-0.1, -0.05) is 6.42 Å². The molecule has 0 spiro atoms. The normalized spacial score (nSPS) is 34.3. The van der Waals surface area contributed by atoms with Crippen molar-refractivity contribution in [3.63, 3.8) is 0 Å². The van der Waals surface area contributed by atoms with Gasteiger partial charge in [0.15, 0.2) is 0 Å². The third kappa shape index (κ3) is 2.98. The third-order valence-electron chi connectivity index (χ3n) is 4.99. The van der Waals surface area contributed by atoms with E-state index < -0.39 is 0 Å². The highest BCUT2D eigenvalue weighted by Gasteiger charge is 2.46. The van der Waals surface area contributed by atoms with Crippen molar-refractivity contribution in [1.82, 2.24) is 4.90 Å². The van der Waals surface area contributed by atoms with Crippen LogP contribution in [-0.2, 0) is 9.47 Å². The van der Waals surface area contributed by atoms with Crippen molar-refractivity contribution in [2.75, 3.05) is 26.4 Å². The highest BCUT2D eigenvalue weighted by Crippen LogP contribution is 2.40. The van der Waals surface area contributed by atoms with Gasteiger partial charge in [0.05, 0.1) is 30.8 Å². The second kappa shape index (κ2) is 5.01. The van der Waals surface area contributed by atoms with Crippen LogP contribution in [-0.4, -0.2) is 49.0 Å². The first kappa shape index (κ1) is 13.8. The van der Waals surface area contributed by atoms with Gasteiger partial charge in [0.25, 0.3) is 0 Å². The predicted octanol–water partition coefficient (Wildman–Crippen LogP) is 2.84. The van der Waals surface area contributed by atoms with Gasteiger partial charge < -0.3 is 9.47 Å². The monoisotopic (exact) mass is 267 g/mol. The molecule has 110 valence electrons. The van der Waals surface area contributed by atoms with Gasteiger partial charge in [-0.15, -0.1) is 0 Å². The molecule has 3 heteroatoms. The fourth-order valence-electron chi connectivity index (χ4n) is 3.85. The van der Waals surface area contributed by atoms with Crippen LogP contribution in [0, 0.1) is 5.41 Å². The summed E-state index contributed by atoms with van der Waals surface area (Å²) < 4.78 is 11.6. The predicted molar refractivity (Wildman–Crippen MR) is 76.3 cm³/mol. The van der Waals surface area contributed by atoms with Crippen LogP contribution in [0.25, 0.3) is 0 Å². The average molecular weight is 267 g/mol. The maximum Gasteiger partial charge on any atom is 0.0598 e. The number of hydrogen-bond donors (Lipinski definition) is 0. The number of fused-ring (bicyclic) bond motifs is 2. The molecule has 0 aliphatic carbocycles. The highest BCUT2D eigenvalue weighted by atomic mass is 16.5. The molecule has 3 aliphatic heterocycles. The van der Waals surface area contributed by atoms with Gasteiger partial charge in [-0.3, -0.25) is 4.90 Å². The summed E-state index contributed by atoms with van der Waals surface area (Å²) in [6.07, 6.45) is 7.10. The summed E-state index contributed by atoms with van der Waals surface area (Å²) in [6, 6.07) is 1.71. The van der Waals surface area contributed by atoms with E-state index >= 15 is 0 Å². The quantitative estimate of drug-likeness (QED) is 0.782. The molecule has 2 atom stereocenters. The zero-order chi connectivity index (χ0) is 13.5. The topological polar surface area (TPSA) is 21.7 Å². The molecule has 3 fully saturated rings. The van der Waals surface area contributed by atoms with E-state index in [9.17, 15) is 0 Å². The summed E-state index contributed by atoms with van der Waals surface area (Å²) in [5.74, 6) is 0. The maximum atomic E-state index is 6.06. The van der Waals surface area contributed by atoms with Crippen molar-refractivity contribution in [1.29, 1.82) is 0 Å². The van der Waals surface area contributed by atoms with Crippen molar-refractivity contribution in [3.8, 4) is 0 Å². The zero-order valence-electron chi connectivity index (χ0n) is 12.8. The molecule has 3 saturated heterocycles.